The summed E-state index contributed by atoms with van der Waals surface area (Å²) < 4.78 is 11.4. The van der Waals surface area contributed by atoms with Crippen molar-refractivity contribution in [3.05, 3.63) is 42.5 Å². The normalized spacial score (nSPS) is 19.2. The number of ether oxygens (including phenoxy) is 1. The van der Waals surface area contributed by atoms with Gasteiger partial charge in [-0.25, -0.2) is 0 Å². The predicted octanol–water partition coefficient (Wildman–Crippen LogP) is 3.40. The van der Waals surface area contributed by atoms with Gasteiger partial charge in [0.1, 0.15) is 11.3 Å². The summed E-state index contributed by atoms with van der Waals surface area (Å²) in [7, 11) is 0. The first-order valence-electron chi connectivity index (χ1n) is 10.1. The van der Waals surface area contributed by atoms with Gasteiger partial charge in [-0.2, -0.15) is 4.98 Å². The van der Waals surface area contributed by atoms with Crippen LogP contribution in [-0.2, 0) is 9.59 Å². The lowest BCUT2D eigenvalue weighted by Crippen LogP contribution is -2.38. The summed E-state index contributed by atoms with van der Waals surface area (Å²) in [6.07, 6.45) is 0.907. The Balaban J connectivity index is 1.21. The van der Waals surface area contributed by atoms with Gasteiger partial charge < -0.3 is 24.7 Å². The van der Waals surface area contributed by atoms with Crippen LogP contribution in [0, 0.1) is 5.92 Å². The van der Waals surface area contributed by atoms with Crippen LogP contribution in [0.15, 0.2) is 46.9 Å². The van der Waals surface area contributed by atoms with Crippen LogP contribution in [0.2, 0.25) is 0 Å². The lowest BCUT2D eigenvalue weighted by molar-refractivity contribution is -0.122. The highest BCUT2D eigenvalue weighted by Gasteiger charge is 2.28. The van der Waals surface area contributed by atoms with Gasteiger partial charge in [-0.1, -0.05) is 12.1 Å². The highest BCUT2D eigenvalue weighted by Crippen LogP contribution is 2.33. The van der Waals surface area contributed by atoms with Crippen molar-refractivity contribution in [2.75, 3.05) is 28.6 Å². The Morgan fingerprint density at radius 2 is 2.00 bits per heavy atom. The first kappa shape index (κ1) is 18.5. The zero-order chi connectivity index (χ0) is 20.7. The summed E-state index contributed by atoms with van der Waals surface area (Å²) in [5.41, 5.74) is 2.82. The van der Waals surface area contributed by atoms with Crippen molar-refractivity contribution in [3.63, 3.8) is 0 Å². The molecule has 8 nitrogen and oxygen atoms in total. The number of amides is 2. The molecule has 1 aromatic heterocycles. The van der Waals surface area contributed by atoms with E-state index in [2.05, 4.69) is 20.5 Å². The van der Waals surface area contributed by atoms with E-state index in [1.807, 2.05) is 24.3 Å². The van der Waals surface area contributed by atoms with Crippen LogP contribution < -0.4 is 20.3 Å². The third kappa shape index (κ3) is 3.45. The van der Waals surface area contributed by atoms with E-state index < -0.39 is 6.10 Å². The van der Waals surface area contributed by atoms with Crippen molar-refractivity contribution < 1.29 is 18.7 Å². The average Bonchev–Trinajstić information content (AvgIpc) is 3.19. The van der Waals surface area contributed by atoms with Gasteiger partial charge in [0, 0.05) is 24.7 Å². The summed E-state index contributed by atoms with van der Waals surface area (Å²) in [6.45, 7) is 3.11. The summed E-state index contributed by atoms with van der Waals surface area (Å²) >= 11 is 0. The number of carbonyl (C=O) groups excluding carboxylic acids is 2. The van der Waals surface area contributed by atoms with Gasteiger partial charge in [0.15, 0.2) is 11.7 Å². The van der Waals surface area contributed by atoms with Crippen LogP contribution in [0.1, 0.15) is 19.8 Å². The predicted molar refractivity (Wildman–Crippen MR) is 113 cm³/mol. The fraction of sp³-hybridized carbons (Fsp3) is 0.318. The molecule has 30 heavy (non-hydrogen) atoms. The zero-order valence-corrected chi connectivity index (χ0v) is 16.6. The van der Waals surface area contributed by atoms with E-state index in [1.165, 1.54) is 0 Å². The van der Waals surface area contributed by atoms with Crippen molar-refractivity contribution in [3.8, 4) is 5.75 Å². The molecule has 2 aliphatic heterocycles. The molecule has 5 rings (SSSR count). The number of nitrogens with zero attached hydrogens (tertiary/aromatic N) is 2. The van der Waals surface area contributed by atoms with Crippen molar-refractivity contribution >= 4 is 40.3 Å². The van der Waals surface area contributed by atoms with Gasteiger partial charge in [-0.05, 0) is 50.1 Å². The Morgan fingerprint density at radius 1 is 1.20 bits per heavy atom. The van der Waals surface area contributed by atoms with Crippen molar-refractivity contribution in [1.29, 1.82) is 0 Å². The molecule has 1 atom stereocenters. The van der Waals surface area contributed by atoms with Gasteiger partial charge in [0.05, 0.1) is 5.69 Å². The lowest BCUT2D eigenvalue weighted by atomic mass is 9.96. The molecule has 1 fully saturated rings. The van der Waals surface area contributed by atoms with Crippen LogP contribution in [-0.4, -0.2) is 36.0 Å². The molecular weight excluding hydrogens is 384 g/mol. The number of hydrogen-bond acceptors (Lipinski definition) is 6. The Labute approximate surface area is 173 Å². The minimum absolute atomic E-state index is 0.0245. The molecule has 3 heterocycles. The quantitative estimate of drug-likeness (QED) is 0.692. The van der Waals surface area contributed by atoms with E-state index in [0.717, 1.165) is 11.1 Å². The van der Waals surface area contributed by atoms with Gasteiger partial charge >= 0.3 is 0 Å². The molecule has 1 saturated heterocycles. The largest absolute Gasteiger partial charge is 0.479 e. The monoisotopic (exact) mass is 406 g/mol. The molecule has 0 bridgehead atoms. The maximum absolute atomic E-state index is 12.7. The third-order valence-corrected chi connectivity index (χ3v) is 5.60. The molecule has 2 aromatic carbocycles. The van der Waals surface area contributed by atoms with E-state index in [9.17, 15) is 9.59 Å². The van der Waals surface area contributed by atoms with Gasteiger partial charge in [0.2, 0.25) is 5.91 Å². The smallest absolute Gasteiger partial charge is 0.298 e. The molecule has 0 radical (unpaired) electrons. The Bertz CT molecular complexity index is 1080. The highest BCUT2D eigenvalue weighted by atomic mass is 16.5. The lowest BCUT2D eigenvalue weighted by Gasteiger charge is -2.30. The number of anilines is 3. The van der Waals surface area contributed by atoms with Gasteiger partial charge in [0.25, 0.3) is 11.9 Å². The first-order chi connectivity index (χ1) is 14.6. The molecule has 154 valence electrons. The topological polar surface area (TPSA) is 96.7 Å². The van der Waals surface area contributed by atoms with E-state index in [0.29, 0.717) is 49.1 Å². The fourth-order valence-corrected chi connectivity index (χ4v) is 3.86. The highest BCUT2D eigenvalue weighted by molar-refractivity contribution is 5.99. The number of carbonyl (C=O) groups is 2. The molecule has 0 saturated carbocycles. The number of hydrogen-bond donors (Lipinski definition) is 2. The van der Waals surface area contributed by atoms with Crippen molar-refractivity contribution in [2.45, 2.75) is 25.9 Å². The van der Waals surface area contributed by atoms with E-state index in [-0.39, 0.29) is 17.7 Å². The van der Waals surface area contributed by atoms with E-state index in [1.54, 1.807) is 25.1 Å². The minimum Gasteiger partial charge on any atom is -0.479 e. The molecule has 3 aromatic rings. The molecule has 2 amide bonds. The second kappa shape index (κ2) is 7.37. The van der Waals surface area contributed by atoms with Gasteiger partial charge in [-0.15, -0.1) is 0 Å². The van der Waals surface area contributed by atoms with Crippen molar-refractivity contribution in [1.82, 2.24) is 4.98 Å². The number of aromatic nitrogens is 1. The van der Waals surface area contributed by atoms with E-state index >= 15 is 0 Å². The number of nitrogens with one attached hydrogen (secondary N) is 2. The number of oxazole rings is 1. The summed E-state index contributed by atoms with van der Waals surface area (Å²) in [4.78, 5) is 31.2. The van der Waals surface area contributed by atoms with Crippen LogP contribution in [0.4, 0.5) is 17.4 Å². The van der Waals surface area contributed by atoms with Crippen molar-refractivity contribution in [2.24, 2.45) is 5.92 Å². The Morgan fingerprint density at radius 3 is 2.80 bits per heavy atom. The van der Waals surface area contributed by atoms with E-state index in [4.69, 9.17) is 9.15 Å². The van der Waals surface area contributed by atoms with Crippen LogP contribution >= 0.6 is 0 Å². The summed E-state index contributed by atoms with van der Waals surface area (Å²) in [5.74, 6) is 0.292. The number of fused-ring (bicyclic) bond motifs is 2. The Kier molecular flexibility index (Phi) is 4.54. The van der Waals surface area contributed by atoms with Gasteiger partial charge in [-0.3, -0.25) is 9.59 Å². The number of benzene rings is 2. The van der Waals surface area contributed by atoms with Crippen LogP contribution in [0.3, 0.4) is 0 Å². The molecule has 8 heteroatoms. The first-order valence-corrected chi connectivity index (χ1v) is 10.1. The number of rotatable bonds is 3. The molecule has 1 unspecified atom stereocenters. The average molecular weight is 406 g/mol. The zero-order valence-electron chi connectivity index (χ0n) is 16.6. The molecule has 2 aliphatic rings. The maximum Gasteiger partial charge on any atom is 0.298 e. The second-order valence-corrected chi connectivity index (χ2v) is 7.68. The van der Waals surface area contributed by atoms with Crippen LogP contribution in [0.5, 0.6) is 5.75 Å². The molecular formula is C22H22N4O4. The molecule has 0 spiro atoms. The fourth-order valence-electron chi connectivity index (χ4n) is 3.86. The SMILES string of the molecule is CC1Oc2ccc(NC(=O)C3CCN(c4nc5ccccc5o4)CC3)cc2NC1=O. The Hall–Kier alpha value is -3.55. The number of para-hydroxylation sites is 2. The molecule has 2 N–H and O–H groups in total. The summed E-state index contributed by atoms with van der Waals surface area (Å²) in [6, 6.07) is 13.6. The van der Waals surface area contributed by atoms with Crippen LogP contribution in [0.25, 0.3) is 11.1 Å². The summed E-state index contributed by atoms with van der Waals surface area (Å²) in [5, 5.41) is 5.76. The third-order valence-electron chi connectivity index (χ3n) is 5.60. The second-order valence-electron chi connectivity index (χ2n) is 7.68. The maximum atomic E-state index is 12.7. The number of piperidine rings is 1. The standard InChI is InChI=1S/C22H22N4O4/c1-13-20(27)24-17-12-15(6-7-19(17)29-13)23-21(28)14-8-10-26(11-9-14)22-25-16-4-2-3-5-18(16)30-22/h2-7,12-14H,8-11H2,1H3,(H,23,28)(H,24,27). The molecule has 0 aliphatic carbocycles. The minimum atomic E-state index is -0.524.